The Morgan fingerprint density at radius 2 is 1.69 bits per heavy atom. The Kier molecular flexibility index (Phi) is 6.65. The Balaban J connectivity index is 1.52. The van der Waals surface area contributed by atoms with Crippen molar-refractivity contribution in [2.75, 3.05) is 19.6 Å². The fourth-order valence-electron chi connectivity index (χ4n) is 4.18. The zero-order valence-corrected chi connectivity index (χ0v) is 17.6. The number of rotatable bonds is 6. The van der Waals surface area contributed by atoms with E-state index in [1.807, 2.05) is 12.1 Å². The van der Waals surface area contributed by atoms with Gasteiger partial charge in [0.2, 0.25) is 0 Å². The van der Waals surface area contributed by atoms with E-state index in [0.717, 1.165) is 43.8 Å². The second-order valence-electron chi connectivity index (χ2n) is 7.96. The Morgan fingerprint density at radius 3 is 2.34 bits per heavy atom. The Morgan fingerprint density at radius 1 is 0.969 bits per heavy atom. The first-order valence-corrected chi connectivity index (χ1v) is 10.8. The zero-order chi connectivity index (χ0) is 22.6. The molecule has 0 bridgehead atoms. The van der Waals surface area contributed by atoms with Crippen LogP contribution in [0.5, 0.6) is 0 Å². The highest BCUT2D eigenvalue weighted by atomic mass is 19.4. The van der Waals surface area contributed by atoms with Crippen LogP contribution in [0.4, 0.5) is 13.2 Å². The molecular formula is C25H25F3N2O2. The largest absolute Gasteiger partial charge is 0.468 e. The number of benzene rings is 2. The van der Waals surface area contributed by atoms with Crippen LogP contribution in [0.25, 0.3) is 11.1 Å². The summed E-state index contributed by atoms with van der Waals surface area (Å²) in [7, 11) is 0. The van der Waals surface area contributed by atoms with Gasteiger partial charge < -0.3 is 9.73 Å². The number of likely N-dealkylation sites (tertiary alicyclic amines) is 1. The molecule has 4 nitrogen and oxygen atoms in total. The van der Waals surface area contributed by atoms with Crippen molar-refractivity contribution < 1.29 is 22.4 Å². The third-order valence-corrected chi connectivity index (χ3v) is 5.85. The van der Waals surface area contributed by atoms with Crippen LogP contribution in [0.2, 0.25) is 0 Å². The summed E-state index contributed by atoms with van der Waals surface area (Å²) in [5.74, 6) is 0.539. The van der Waals surface area contributed by atoms with E-state index in [0.29, 0.717) is 23.2 Å². The summed E-state index contributed by atoms with van der Waals surface area (Å²) in [5.41, 5.74) is 0.851. The van der Waals surface area contributed by atoms with Gasteiger partial charge in [0.25, 0.3) is 5.91 Å². The molecule has 0 saturated carbocycles. The second kappa shape index (κ2) is 9.61. The number of alkyl halides is 3. The number of hydrogen-bond donors (Lipinski definition) is 1. The highest BCUT2D eigenvalue weighted by molar-refractivity contribution is 6.00. The molecule has 1 N–H and O–H groups in total. The second-order valence-corrected chi connectivity index (χ2v) is 7.96. The first kappa shape index (κ1) is 22.1. The minimum absolute atomic E-state index is 0.0625. The fourth-order valence-corrected chi connectivity index (χ4v) is 4.18. The maximum Gasteiger partial charge on any atom is 0.416 e. The summed E-state index contributed by atoms with van der Waals surface area (Å²) in [5, 5.41) is 3.01. The SMILES string of the molecule is O=C(NCC(c1ccco1)N1CCCCC1)c1ccccc1-c1ccc(C(F)(F)F)cc1. The third-order valence-electron chi connectivity index (χ3n) is 5.85. The Labute approximate surface area is 185 Å². The molecule has 1 aliphatic rings. The molecule has 168 valence electrons. The van der Waals surface area contributed by atoms with E-state index in [1.165, 1.54) is 18.6 Å². The van der Waals surface area contributed by atoms with E-state index in [4.69, 9.17) is 4.42 Å². The summed E-state index contributed by atoms with van der Waals surface area (Å²) in [6.07, 6.45) is 0.663. The van der Waals surface area contributed by atoms with Crippen LogP contribution in [0.3, 0.4) is 0 Å². The Bertz CT molecular complexity index is 1020. The molecule has 32 heavy (non-hydrogen) atoms. The first-order chi connectivity index (χ1) is 15.4. The lowest BCUT2D eigenvalue weighted by Crippen LogP contribution is -2.40. The summed E-state index contributed by atoms with van der Waals surface area (Å²) in [6.45, 7) is 2.28. The average Bonchev–Trinajstić information content (AvgIpc) is 3.34. The van der Waals surface area contributed by atoms with Crippen molar-refractivity contribution in [3.8, 4) is 11.1 Å². The summed E-state index contributed by atoms with van der Waals surface area (Å²) in [4.78, 5) is 15.4. The molecular weight excluding hydrogens is 417 g/mol. The number of nitrogens with one attached hydrogen (secondary N) is 1. The van der Waals surface area contributed by atoms with E-state index in [9.17, 15) is 18.0 Å². The van der Waals surface area contributed by atoms with E-state index in [1.54, 1.807) is 30.5 Å². The number of carbonyl (C=O) groups excluding carboxylic acids is 1. The van der Waals surface area contributed by atoms with Gasteiger partial charge >= 0.3 is 6.18 Å². The predicted molar refractivity (Wildman–Crippen MR) is 116 cm³/mol. The van der Waals surface area contributed by atoms with Gasteiger partial charge in [-0.3, -0.25) is 9.69 Å². The van der Waals surface area contributed by atoms with Crippen molar-refractivity contribution in [2.45, 2.75) is 31.5 Å². The van der Waals surface area contributed by atoms with Crippen molar-refractivity contribution in [3.05, 3.63) is 83.8 Å². The molecule has 1 saturated heterocycles. The molecule has 1 amide bonds. The Hall–Kier alpha value is -3.06. The fraction of sp³-hybridized carbons (Fsp3) is 0.320. The normalized spacial score (nSPS) is 16.0. The van der Waals surface area contributed by atoms with Gasteiger partial charge in [-0.05, 0) is 67.4 Å². The lowest BCUT2D eigenvalue weighted by Gasteiger charge is -2.33. The lowest BCUT2D eigenvalue weighted by molar-refractivity contribution is -0.137. The molecule has 4 rings (SSSR count). The molecule has 1 unspecified atom stereocenters. The van der Waals surface area contributed by atoms with Gasteiger partial charge in [0, 0.05) is 12.1 Å². The molecule has 0 spiro atoms. The predicted octanol–water partition coefficient (Wildman–Crippen LogP) is 5.92. The number of hydrogen-bond acceptors (Lipinski definition) is 3. The number of halogens is 3. The molecule has 2 aromatic carbocycles. The van der Waals surface area contributed by atoms with Crippen LogP contribution in [-0.2, 0) is 6.18 Å². The number of nitrogens with zero attached hydrogens (tertiary/aromatic N) is 1. The van der Waals surface area contributed by atoms with Crippen LogP contribution in [0, 0.1) is 0 Å². The molecule has 7 heteroatoms. The van der Waals surface area contributed by atoms with Gasteiger partial charge in [-0.25, -0.2) is 0 Å². The molecule has 1 fully saturated rings. The molecule has 3 aromatic rings. The maximum absolute atomic E-state index is 13.1. The minimum Gasteiger partial charge on any atom is -0.468 e. The smallest absolute Gasteiger partial charge is 0.416 e. The van der Waals surface area contributed by atoms with Gasteiger partial charge in [0.15, 0.2) is 0 Å². The quantitative estimate of drug-likeness (QED) is 0.515. The highest BCUT2D eigenvalue weighted by Crippen LogP contribution is 2.32. The minimum atomic E-state index is -4.40. The monoisotopic (exact) mass is 442 g/mol. The topological polar surface area (TPSA) is 45.5 Å². The van der Waals surface area contributed by atoms with Crippen molar-refractivity contribution in [3.63, 3.8) is 0 Å². The van der Waals surface area contributed by atoms with E-state index >= 15 is 0 Å². The van der Waals surface area contributed by atoms with Gasteiger partial charge in [-0.15, -0.1) is 0 Å². The van der Waals surface area contributed by atoms with Crippen molar-refractivity contribution >= 4 is 5.91 Å². The summed E-state index contributed by atoms with van der Waals surface area (Å²) in [6, 6.07) is 15.5. The van der Waals surface area contributed by atoms with Gasteiger partial charge in [-0.2, -0.15) is 13.2 Å². The van der Waals surface area contributed by atoms with Crippen LogP contribution in [-0.4, -0.2) is 30.4 Å². The van der Waals surface area contributed by atoms with Crippen LogP contribution in [0.1, 0.15) is 47.0 Å². The van der Waals surface area contributed by atoms with Crippen LogP contribution >= 0.6 is 0 Å². The average molecular weight is 442 g/mol. The zero-order valence-electron chi connectivity index (χ0n) is 17.6. The van der Waals surface area contributed by atoms with Crippen molar-refractivity contribution in [2.24, 2.45) is 0 Å². The van der Waals surface area contributed by atoms with E-state index < -0.39 is 11.7 Å². The number of carbonyl (C=O) groups is 1. The molecule has 2 heterocycles. The van der Waals surface area contributed by atoms with Crippen LogP contribution in [0.15, 0.2) is 71.3 Å². The van der Waals surface area contributed by atoms with Gasteiger partial charge in [-0.1, -0.05) is 36.8 Å². The van der Waals surface area contributed by atoms with Gasteiger partial charge in [0.1, 0.15) is 5.76 Å². The lowest BCUT2D eigenvalue weighted by atomic mass is 9.98. The van der Waals surface area contributed by atoms with E-state index in [2.05, 4.69) is 10.2 Å². The molecule has 0 aliphatic carbocycles. The number of amides is 1. The van der Waals surface area contributed by atoms with Crippen molar-refractivity contribution in [1.29, 1.82) is 0 Å². The summed E-state index contributed by atoms with van der Waals surface area (Å²) < 4.78 is 44.3. The third kappa shape index (κ3) is 5.05. The standard InChI is InChI=1S/C25H25F3N2O2/c26-25(27,28)19-12-10-18(11-13-19)20-7-2-3-8-21(20)24(31)29-17-22(23-9-6-16-32-23)30-14-4-1-5-15-30/h2-3,6-13,16,22H,1,4-5,14-15,17H2,(H,29,31). The van der Waals surface area contributed by atoms with Crippen LogP contribution < -0.4 is 5.32 Å². The first-order valence-electron chi connectivity index (χ1n) is 10.8. The summed E-state index contributed by atoms with van der Waals surface area (Å²) >= 11 is 0. The highest BCUT2D eigenvalue weighted by Gasteiger charge is 2.30. The number of piperidine rings is 1. The maximum atomic E-state index is 13.1. The molecule has 1 aromatic heterocycles. The van der Waals surface area contributed by atoms with Gasteiger partial charge in [0.05, 0.1) is 17.9 Å². The molecule has 0 radical (unpaired) electrons. The molecule has 1 aliphatic heterocycles. The molecule has 1 atom stereocenters. The van der Waals surface area contributed by atoms with E-state index in [-0.39, 0.29) is 11.9 Å². The number of furan rings is 1. The van der Waals surface area contributed by atoms with Crippen molar-refractivity contribution in [1.82, 2.24) is 10.2 Å².